The molecule has 7 heteroatoms. The molecule has 29 heavy (non-hydrogen) atoms. The lowest BCUT2D eigenvalue weighted by atomic mass is 10.0. The normalized spacial score (nSPS) is 13.4. The molecule has 0 unspecified atom stereocenters. The van der Waals surface area contributed by atoms with Crippen LogP contribution in [0.4, 0.5) is 5.69 Å². The molecule has 2 N–H and O–H groups in total. The number of nitrogens with one attached hydrogen (secondary N) is 2. The molecule has 2 amide bonds. The van der Waals surface area contributed by atoms with Gasteiger partial charge >= 0.3 is 0 Å². The van der Waals surface area contributed by atoms with Gasteiger partial charge in [-0.3, -0.25) is 9.59 Å². The summed E-state index contributed by atoms with van der Waals surface area (Å²) >= 11 is 0. The predicted molar refractivity (Wildman–Crippen MR) is 115 cm³/mol. The van der Waals surface area contributed by atoms with Gasteiger partial charge in [0.25, 0.3) is 11.8 Å². The molecule has 1 aliphatic rings. The van der Waals surface area contributed by atoms with Crippen LogP contribution in [0.25, 0.3) is 0 Å². The summed E-state index contributed by atoms with van der Waals surface area (Å²) in [7, 11) is 3.92. The Morgan fingerprint density at radius 2 is 1.86 bits per heavy atom. The fraction of sp³-hybridized carbons (Fsp3) is 0.500. The largest absolute Gasteiger partial charge is 0.348 e. The molecule has 2 heterocycles. The van der Waals surface area contributed by atoms with Crippen LogP contribution in [0.1, 0.15) is 65.0 Å². The molecule has 2 aromatic rings. The third-order valence-electron chi connectivity index (χ3n) is 5.22. The van der Waals surface area contributed by atoms with Gasteiger partial charge in [0.2, 0.25) is 0 Å². The van der Waals surface area contributed by atoms with Crippen LogP contribution < -0.4 is 10.6 Å². The van der Waals surface area contributed by atoms with Crippen LogP contribution in [-0.4, -0.2) is 53.5 Å². The minimum atomic E-state index is -0.264. The third-order valence-corrected chi connectivity index (χ3v) is 5.22. The molecule has 0 fully saturated rings. The van der Waals surface area contributed by atoms with Crippen molar-refractivity contribution < 1.29 is 9.59 Å². The van der Waals surface area contributed by atoms with Crippen molar-refractivity contribution >= 4 is 17.5 Å². The highest BCUT2D eigenvalue weighted by molar-refractivity contribution is 6.05. The number of rotatable bonds is 7. The van der Waals surface area contributed by atoms with Crippen LogP contribution in [0.5, 0.6) is 0 Å². The fourth-order valence-corrected chi connectivity index (χ4v) is 3.51. The molecule has 0 saturated carbocycles. The summed E-state index contributed by atoms with van der Waals surface area (Å²) in [6.07, 6.45) is 2.74. The number of imidazole rings is 1. The molecule has 0 bridgehead atoms. The number of fused-ring (bicyclic) bond motifs is 1. The van der Waals surface area contributed by atoms with Gasteiger partial charge in [-0.25, -0.2) is 4.98 Å². The quantitative estimate of drug-likeness (QED) is 0.753. The van der Waals surface area contributed by atoms with Gasteiger partial charge in [-0.2, -0.15) is 0 Å². The van der Waals surface area contributed by atoms with Crippen LogP contribution in [0.2, 0.25) is 0 Å². The predicted octanol–water partition coefficient (Wildman–Crippen LogP) is 2.89. The average Bonchev–Trinajstić information content (AvgIpc) is 3.08. The summed E-state index contributed by atoms with van der Waals surface area (Å²) in [6, 6.07) is 7.86. The zero-order chi connectivity index (χ0) is 21.0. The van der Waals surface area contributed by atoms with E-state index in [1.165, 1.54) is 5.56 Å². The molecule has 1 aromatic heterocycles. The van der Waals surface area contributed by atoms with E-state index in [4.69, 9.17) is 0 Å². The van der Waals surface area contributed by atoms with Gasteiger partial charge in [-0.15, -0.1) is 0 Å². The fourth-order valence-electron chi connectivity index (χ4n) is 3.51. The summed E-state index contributed by atoms with van der Waals surface area (Å²) in [5.41, 5.74) is 3.16. The Morgan fingerprint density at radius 3 is 2.52 bits per heavy atom. The highest BCUT2D eigenvalue weighted by atomic mass is 16.2. The smallest absolute Gasteiger partial charge is 0.287 e. The molecule has 0 atom stereocenters. The maximum absolute atomic E-state index is 12.9. The minimum absolute atomic E-state index is 0.227. The van der Waals surface area contributed by atoms with Crippen molar-refractivity contribution in [2.75, 3.05) is 32.5 Å². The number of hydrogen-bond acceptors (Lipinski definition) is 4. The molecular formula is C22H31N5O2. The number of likely N-dealkylation sites (N-methyl/N-ethyl adjacent to an activating group) is 1. The minimum Gasteiger partial charge on any atom is -0.348 e. The van der Waals surface area contributed by atoms with E-state index < -0.39 is 0 Å². The van der Waals surface area contributed by atoms with E-state index in [1.807, 2.05) is 47.8 Å². The lowest BCUT2D eigenvalue weighted by Crippen LogP contribution is -2.33. The average molecular weight is 398 g/mol. The lowest BCUT2D eigenvalue weighted by Gasteiger charge is -2.17. The molecule has 3 rings (SSSR count). The number of hydrogen-bond donors (Lipinski definition) is 2. The van der Waals surface area contributed by atoms with Crippen molar-refractivity contribution in [1.29, 1.82) is 0 Å². The second-order valence-electron chi connectivity index (χ2n) is 8.13. The van der Waals surface area contributed by atoms with Gasteiger partial charge in [0, 0.05) is 25.3 Å². The maximum Gasteiger partial charge on any atom is 0.287 e. The molecule has 0 aliphatic carbocycles. The van der Waals surface area contributed by atoms with Crippen LogP contribution in [-0.2, 0) is 13.0 Å². The monoisotopic (exact) mass is 397 g/mol. The van der Waals surface area contributed by atoms with Crippen molar-refractivity contribution in [3.8, 4) is 0 Å². The van der Waals surface area contributed by atoms with Crippen molar-refractivity contribution in [3.05, 3.63) is 47.0 Å². The Balaban J connectivity index is 1.78. The molecule has 0 radical (unpaired) electrons. The molecule has 156 valence electrons. The van der Waals surface area contributed by atoms with E-state index in [-0.39, 0.29) is 11.8 Å². The Bertz CT molecular complexity index is 868. The van der Waals surface area contributed by atoms with E-state index in [0.717, 1.165) is 43.7 Å². The van der Waals surface area contributed by atoms with Crippen LogP contribution >= 0.6 is 0 Å². The molecule has 1 aliphatic heterocycles. The van der Waals surface area contributed by atoms with Gasteiger partial charge in [0.1, 0.15) is 0 Å². The van der Waals surface area contributed by atoms with Crippen LogP contribution in [0, 0.1) is 0 Å². The number of benzene rings is 1. The SMILES string of the molecule is CC(C)c1ccc(NC(=O)c2nc(C(=O)NCCN(C)C)n3c2CCCC3)cc1. The topological polar surface area (TPSA) is 79.3 Å². The summed E-state index contributed by atoms with van der Waals surface area (Å²) in [6.45, 7) is 6.28. The first-order valence-electron chi connectivity index (χ1n) is 10.3. The van der Waals surface area contributed by atoms with Crippen molar-refractivity contribution in [2.45, 2.75) is 45.6 Å². The summed E-state index contributed by atoms with van der Waals surface area (Å²) in [5.74, 6) is 0.280. The first-order chi connectivity index (χ1) is 13.9. The molecule has 1 aromatic carbocycles. The van der Waals surface area contributed by atoms with E-state index in [2.05, 4.69) is 29.5 Å². The van der Waals surface area contributed by atoms with Crippen LogP contribution in [0.15, 0.2) is 24.3 Å². The van der Waals surface area contributed by atoms with Crippen molar-refractivity contribution in [3.63, 3.8) is 0 Å². The number of carbonyl (C=O) groups excluding carboxylic acids is 2. The van der Waals surface area contributed by atoms with E-state index >= 15 is 0 Å². The van der Waals surface area contributed by atoms with Gasteiger partial charge in [0.15, 0.2) is 11.5 Å². The second kappa shape index (κ2) is 9.22. The van der Waals surface area contributed by atoms with Gasteiger partial charge < -0.3 is 20.1 Å². The third kappa shape index (κ3) is 5.03. The molecule has 0 spiro atoms. The number of amides is 2. The summed E-state index contributed by atoms with van der Waals surface area (Å²) in [4.78, 5) is 32.0. The number of aromatic nitrogens is 2. The lowest BCUT2D eigenvalue weighted by molar-refractivity contribution is 0.0935. The Morgan fingerprint density at radius 1 is 1.14 bits per heavy atom. The molecule has 7 nitrogen and oxygen atoms in total. The van der Waals surface area contributed by atoms with Crippen LogP contribution in [0.3, 0.4) is 0 Å². The number of anilines is 1. The highest BCUT2D eigenvalue weighted by Crippen LogP contribution is 2.23. The Kier molecular flexibility index (Phi) is 6.69. The first-order valence-corrected chi connectivity index (χ1v) is 10.3. The van der Waals surface area contributed by atoms with Crippen molar-refractivity contribution in [1.82, 2.24) is 19.8 Å². The standard InChI is InChI=1S/C22H31N5O2/c1-15(2)16-8-10-17(11-9-16)24-21(28)19-18-7-5-6-13-27(18)20(25-19)22(29)23-12-14-26(3)4/h8-11,15H,5-7,12-14H2,1-4H3,(H,23,29)(H,24,28). The van der Waals surface area contributed by atoms with Gasteiger partial charge in [-0.1, -0.05) is 26.0 Å². The molecular weight excluding hydrogens is 366 g/mol. The van der Waals surface area contributed by atoms with Crippen molar-refractivity contribution in [2.24, 2.45) is 0 Å². The molecule has 0 saturated heterocycles. The highest BCUT2D eigenvalue weighted by Gasteiger charge is 2.27. The summed E-state index contributed by atoms with van der Waals surface area (Å²) < 4.78 is 1.91. The second-order valence-corrected chi connectivity index (χ2v) is 8.13. The maximum atomic E-state index is 12.9. The van der Waals surface area contributed by atoms with E-state index in [9.17, 15) is 9.59 Å². The summed E-state index contributed by atoms with van der Waals surface area (Å²) in [5, 5.41) is 5.84. The Hall–Kier alpha value is -2.67. The Labute approximate surface area is 172 Å². The van der Waals surface area contributed by atoms with Gasteiger partial charge in [-0.05, 0) is 57.0 Å². The first kappa shape index (κ1) is 21.0. The van der Waals surface area contributed by atoms with E-state index in [0.29, 0.717) is 24.0 Å². The number of carbonyl (C=O) groups is 2. The zero-order valence-electron chi connectivity index (χ0n) is 17.8. The van der Waals surface area contributed by atoms with Gasteiger partial charge in [0.05, 0.1) is 5.69 Å². The zero-order valence-corrected chi connectivity index (χ0v) is 17.8. The van der Waals surface area contributed by atoms with E-state index in [1.54, 1.807) is 0 Å². The number of nitrogens with zero attached hydrogens (tertiary/aromatic N) is 3.